The number of rotatable bonds is 2. The minimum absolute atomic E-state index is 0.00451. The van der Waals surface area contributed by atoms with Crippen molar-refractivity contribution in [3.63, 3.8) is 0 Å². The molecule has 6 atom stereocenters. The van der Waals surface area contributed by atoms with Gasteiger partial charge in [-0.25, -0.2) is 0 Å². The zero-order chi connectivity index (χ0) is 16.5. The second-order valence-electron chi connectivity index (χ2n) is 7.39. The van der Waals surface area contributed by atoms with Crippen molar-refractivity contribution in [2.24, 2.45) is 29.6 Å². The van der Waals surface area contributed by atoms with Crippen molar-refractivity contribution in [3.8, 4) is 0 Å². The van der Waals surface area contributed by atoms with E-state index in [1.165, 1.54) is 4.90 Å². The van der Waals surface area contributed by atoms with Gasteiger partial charge in [0.25, 0.3) is 0 Å². The Morgan fingerprint density at radius 1 is 0.957 bits per heavy atom. The largest absolute Gasteiger partial charge is 0.481 e. The van der Waals surface area contributed by atoms with Gasteiger partial charge in [-0.3, -0.25) is 19.3 Å². The summed E-state index contributed by atoms with van der Waals surface area (Å²) in [6.45, 7) is 0. The lowest BCUT2D eigenvalue weighted by atomic mass is 9.81. The van der Waals surface area contributed by atoms with Gasteiger partial charge >= 0.3 is 5.97 Å². The summed E-state index contributed by atoms with van der Waals surface area (Å²) >= 11 is 7.38. The van der Waals surface area contributed by atoms with Crippen LogP contribution in [-0.2, 0) is 14.4 Å². The van der Waals surface area contributed by atoms with Gasteiger partial charge in [0.2, 0.25) is 11.8 Å². The molecule has 5 nitrogen and oxygen atoms in total. The number of halogens is 2. The maximum absolute atomic E-state index is 12.9. The average molecular weight is 449 g/mol. The molecule has 7 heteroatoms. The van der Waals surface area contributed by atoms with Crippen molar-refractivity contribution < 1.29 is 19.5 Å². The Kier molecular flexibility index (Phi) is 3.87. The Balaban J connectivity index is 1.53. The van der Waals surface area contributed by atoms with Crippen LogP contribution in [0.4, 0.5) is 0 Å². The summed E-state index contributed by atoms with van der Waals surface area (Å²) < 4.78 is 0. The normalized spacial score (nSPS) is 48.9. The van der Waals surface area contributed by atoms with Crippen LogP contribution in [0.3, 0.4) is 0 Å². The van der Waals surface area contributed by atoms with Crippen LogP contribution in [0, 0.1) is 29.6 Å². The SMILES string of the molecule is O=C(O)C1CCC(N2C(=O)[C@@H]3[C@H]4C[C@@H]([C@H](Br)[C@H]4Br)[C@@H]3C2=O)CC1. The first-order valence-electron chi connectivity index (χ1n) is 8.29. The summed E-state index contributed by atoms with van der Waals surface area (Å²) in [7, 11) is 0. The molecule has 4 aliphatic rings. The van der Waals surface area contributed by atoms with Crippen LogP contribution in [0.25, 0.3) is 0 Å². The molecule has 0 unspecified atom stereocenters. The molecule has 0 spiro atoms. The monoisotopic (exact) mass is 447 g/mol. The second kappa shape index (κ2) is 5.55. The predicted molar refractivity (Wildman–Crippen MR) is 89.2 cm³/mol. The predicted octanol–water partition coefficient (Wildman–Crippen LogP) is 2.41. The summed E-state index contributed by atoms with van der Waals surface area (Å²) in [6, 6.07) is -0.0989. The molecule has 0 aromatic heterocycles. The van der Waals surface area contributed by atoms with Gasteiger partial charge in [-0.15, -0.1) is 0 Å². The Hall–Kier alpha value is -0.430. The van der Waals surface area contributed by atoms with Crippen LogP contribution in [0.1, 0.15) is 32.1 Å². The van der Waals surface area contributed by atoms with Crippen molar-refractivity contribution in [2.45, 2.75) is 47.8 Å². The Morgan fingerprint density at radius 2 is 1.43 bits per heavy atom. The third kappa shape index (κ3) is 2.18. The number of carboxylic acids is 1. The van der Waals surface area contributed by atoms with Crippen molar-refractivity contribution in [2.75, 3.05) is 0 Å². The summed E-state index contributed by atoms with van der Waals surface area (Å²) in [6.07, 6.45) is 3.30. The van der Waals surface area contributed by atoms with E-state index in [9.17, 15) is 14.4 Å². The number of carboxylic acid groups (broad SMARTS) is 1. The third-order valence-electron chi connectivity index (χ3n) is 6.43. The lowest BCUT2D eigenvalue weighted by Crippen LogP contribution is -2.44. The number of imide groups is 1. The number of hydrogen-bond acceptors (Lipinski definition) is 3. The molecular weight excluding hydrogens is 430 g/mol. The zero-order valence-corrected chi connectivity index (χ0v) is 15.7. The fraction of sp³-hybridized carbons (Fsp3) is 0.812. The minimum Gasteiger partial charge on any atom is -0.481 e. The molecule has 23 heavy (non-hydrogen) atoms. The quantitative estimate of drug-likeness (QED) is 0.520. The zero-order valence-electron chi connectivity index (χ0n) is 12.5. The van der Waals surface area contributed by atoms with Crippen LogP contribution in [0.15, 0.2) is 0 Å². The third-order valence-corrected chi connectivity index (χ3v) is 9.64. The molecule has 0 aromatic carbocycles. The van der Waals surface area contributed by atoms with E-state index in [2.05, 4.69) is 31.9 Å². The number of nitrogens with zero attached hydrogens (tertiary/aromatic N) is 1. The number of alkyl halides is 2. The van der Waals surface area contributed by atoms with E-state index in [4.69, 9.17) is 5.11 Å². The van der Waals surface area contributed by atoms with Crippen LogP contribution in [0.2, 0.25) is 0 Å². The molecule has 1 saturated heterocycles. The molecule has 2 bridgehead atoms. The first kappa shape index (κ1) is 16.1. The standard InChI is InChI=1S/C16H19Br2NO4/c17-12-8-5-9(13(12)18)11-10(8)14(20)19(15(11)21)7-3-1-6(2-4-7)16(22)23/h6-13H,1-5H2,(H,22,23)/t6?,7?,8-,9-,10-,11+,12+,13+/m1/s1. The smallest absolute Gasteiger partial charge is 0.306 e. The van der Waals surface area contributed by atoms with Gasteiger partial charge in [-0.2, -0.15) is 0 Å². The summed E-state index contributed by atoms with van der Waals surface area (Å²) in [5.41, 5.74) is 0. The van der Waals surface area contributed by atoms with Crippen LogP contribution in [-0.4, -0.2) is 43.5 Å². The van der Waals surface area contributed by atoms with Gasteiger partial charge in [0, 0.05) is 15.7 Å². The summed E-state index contributed by atoms with van der Waals surface area (Å²) in [4.78, 5) is 38.9. The number of carbonyl (C=O) groups excluding carboxylic acids is 2. The van der Waals surface area contributed by atoms with Gasteiger partial charge in [0.1, 0.15) is 0 Å². The maximum atomic E-state index is 12.9. The van der Waals surface area contributed by atoms with Gasteiger partial charge in [0.15, 0.2) is 0 Å². The Bertz CT molecular complexity index is 542. The van der Waals surface area contributed by atoms with Crippen molar-refractivity contribution in [1.29, 1.82) is 0 Å². The van der Waals surface area contributed by atoms with E-state index in [1.807, 2.05) is 0 Å². The minimum atomic E-state index is -0.762. The highest BCUT2D eigenvalue weighted by molar-refractivity contribution is 9.12. The molecule has 4 fully saturated rings. The number of carbonyl (C=O) groups is 3. The van der Waals surface area contributed by atoms with E-state index in [0.717, 1.165) is 6.42 Å². The molecule has 1 heterocycles. The highest BCUT2D eigenvalue weighted by Gasteiger charge is 2.67. The number of fused-ring (bicyclic) bond motifs is 5. The van der Waals surface area contributed by atoms with Gasteiger partial charge in [-0.05, 0) is 43.9 Å². The molecule has 3 saturated carbocycles. The van der Waals surface area contributed by atoms with E-state index in [1.54, 1.807) is 0 Å². The molecule has 3 aliphatic carbocycles. The molecule has 0 radical (unpaired) electrons. The maximum Gasteiger partial charge on any atom is 0.306 e. The van der Waals surface area contributed by atoms with Gasteiger partial charge < -0.3 is 5.11 Å². The van der Waals surface area contributed by atoms with E-state index in [-0.39, 0.29) is 57.1 Å². The van der Waals surface area contributed by atoms with Crippen LogP contribution in [0.5, 0.6) is 0 Å². The van der Waals surface area contributed by atoms with Crippen molar-refractivity contribution in [1.82, 2.24) is 4.90 Å². The summed E-state index contributed by atoms with van der Waals surface area (Å²) in [5, 5.41) is 9.10. The number of likely N-dealkylation sites (tertiary alicyclic amines) is 1. The lowest BCUT2D eigenvalue weighted by Gasteiger charge is -2.32. The lowest BCUT2D eigenvalue weighted by molar-refractivity contribution is -0.146. The van der Waals surface area contributed by atoms with E-state index >= 15 is 0 Å². The van der Waals surface area contributed by atoms with Crippen LogP contribution < -0.4 is 0 Å². The van der Waals surface area contributed by atoms with Gasteiger partial charge in [-0.1, -0.05) is 31.9 Å². The fourth-order valence-corrected chi connectivity index (χ4v) is 7.19. The van der Waals surface area contributed by atoms with Crippen molar-refractivity contribution >= 4 is 49.6 Å². The van der Waals surface area contributed by atoms with Crippen LogP contribution >= 0.6 is 31.9 Å². The first-order chi connectivity index (χ1) is 10.9. The molecule has 2 amide bonds. The molecule has 4 rings (SSSR count). The highest BCUT2D eigenvalue weighted by atomic mass is 79.9. The molecule has 1 N–H and O–H groups in total. The Morgan fingerprint density at radius 3 is 1.87 bits per heavy atom. The van der Waals surface area contributed by atoms with E-state index in [0.29, 0.717) is 25.7 Å². The van der Waals surface area contributed by atoms with Gasteiger partial charge in [0.05, 0.1) is 17.8 Å². The van der Waals surface area contributed by atoms with E-state index < -0.39 is 5.97 Å². The highest BCUT2D eigenvalue weighted by Crippen LogP contribution is 2.60. The molecule has 1 aliphatic heterocycles. The number of amides is 2. The fourth-order valence-electron chi connectivity index (χ4n) is 5.31. The molecular formula is C16H19Br2NO4. The average Bonchev–Trinajstić information content (AvgIpc) is 3.12. The molecule has 126 valence electrons. The number of aliphatic carboxylic acids is 1. The second-order valence-corrected chi connectivity index (χ2v) is 9.51. The summed E-state index contributed by atoms with van der Waals surface area (Å²) in [5.74, 6) is -0.941. The topological polar surface area (TPSA) is 74.7 Å². The first-order valence-corrected chi connectivity index (χ1v) is 10.1. The molecule has 0 aromatic rings. The number of hydrogen-bond donors (Lipinski definition) is 1. The van der Waals surface area contributed by atoms with Crippen molar-refractivity contribution in [3.05, 3.63) is 0 Å². The Labute approximate surface area is 151 Å².